The number of halogens is 3. The lowest BCUT2D eigenvalue weighted by molar-refractivity contribution is -0.141. The van der Waals surface area contributed by atoms with Crippen LogP contribution < -0.4 is 16.6 Å². The predicted octanol–water partition coefficient (Wildman–Crippen LogP) is 0.486. The number of carbonyl (C=O) groups excluding carboxylic acids is 1. The number of fused-ring (bicyclic) bond motifs is 1. The summed E-state index contributed by atoms with van der Waals surface area (Å²) in [5.41, 5.74) is -1.93. The molecular weight excluding hydrogens is 369 g/mol. The highest BCUT2D eigenvalue weighted by Gasteiger charge is 2.33. The van der Waals surface area contributed by atoms with Crippen LogP contribution in [0.25, 0.3) is 11.0 Å². The van der Waals surface area contributed by atoms with Crippen molar-refractivity contribution in [1.29, 1.82) is 0 Å². The maximum Gasteiger partial charge on any atom is 0.435 e. The summed E-state index contributed by atoms with van der Waals surface area (Å²) in [5, 5.41) is 5.82. The molecule has 3 aromatic rings. The summed E-state index contributed by atoms with van der Waals surface area (Å²) in [6.45, 7) is -0.459. The Bertz CT molecular complexity index is 1160. The molecule has 3 aromatic heterocycles. The van der Waals surface area contributed by atoms with E-state index in [1.165, 1.54) is 30.9 Å². The lowest BCUT2D eigenvalue weighted by Crippen LogP contribution is -2.37. The number of anilines is 1. The molecule has 0 aliphatic rings. The molecule has 0 spiro atoms. The summed E-state index contributed by atoms with van der Waals surface area (Å²) >= 11 is 0. The molecule has 0 atom stereocenters. The van der Waals surface area contributed by atoms with Crippen molar-refractivity contribution in [3.63, 3.8) is 0 Å². The number of hydrogen-bond acceptors (Lipinski definition) is 5. The van der Waals surface area contributed by atoms with Crippen molar-refractivity contribution in [2.45, 2.75) is 12.7 Å². The van der Waals surface area contributed by atoms with Gasteiger partial charge in [-0.15, -0.1) is 0 Å². The second kappa shape index (κ2) is 6.37. The standard InChI is InChI=1S/C15H13F3N6O3/c1-22-12-9(13(26)23(2)14(22)27)5-8(6-19-12)20-11(25)7-24-4-3-10(21-24)15(16,17)18/h3-6H,7H2,1-2H3,(H,20,25). The zero-order valence-corrected chi connectivity index (χ0v) is 14.1. The van der Waals surface area contributed by atoms with Gasteiger partial charge in [-0.2, -0.15) is 18.3 Å². The third-order valence-electron chi connectivity index (χ3n) is 3.81. The number of hydrogen-bond donors (Lipinski definition) is 1. The van der Waals surface area contributed by atoms with Crippen LogP contribution in [0, 0.1) is 0 Å². The van der Waals surface area contributed by atoms with Gasteiger partial charge in [-0.05, 0) is 12.1 Å². The van der Waals surface area contributed by atoms with Gasteiger partial charge in [0.15, 0.2) is 5.69 Å². The molecule has 9 nitrogen and oxygen atoms in total. The Morgan fingerprint density at radius 1 is 1.22 bits per heavy atom. The lowest BCUT2D eigenvalue weighted by Gasteiger charge is -2.09. The van der Waals surface area contributed by atoms with Crippen molar-refractivity contribution in [3.05, 3.63) is 51.1 Å². The number of nitrogens with zero attached hydrogens (tertiary/aromatic N) is 5. The summed E-state index contributed by atoms with van der Waals surface area (Å²) in [6.07, 6.45) is -2.32. The van der Waals surface area contributed by atoms with Crippen LogP contribution in [0.15, 0.2) is 34.1 Å². The average Bonchev–Trinajstić information content (AvgIpc) is 3.06. The Morgan fingerprint density at radius 3 is 2.56 bits per heavy atom. The molecule has 27 heavy (non-hydrogen) atoms. The van der Waals surface area contributed by atoms with Gasteiger partial charge in [0.05, 0.1) is 17.3 Å². The molecule has 142 valence electrons. The van der Waals surface area contributed by atoms with Crippen LogP contribution >= 0.6 is 0 Å². The van der Waals surface area contributed by atoms with Gasteiger partial charge in [0, 0.05) is 20.3 Å². The number of aryl methyl sites for hydroxylation is 1. The zero-order chi connectivity index (χ0) is 19.9. The molecule has 0 aromatic carbocycles. The Hall–Kier alpha value is -3.44. The molecule has 3 heterocycles. The number of rotatable bonds is 3. The number of nitrogens with one attached hydrogen (secondary N) is 1. The van der Waals surface area contributed by atoms with Gasteiger partial charge in [0.1, 0.15) is 12.2 Å². The molecule has 1 N–H and O–H groups in total. The van der Waals surface area contributed by atoms with E-state index in [0.717, 1.165) is 21.5 Å². The van der Waals surface area contributed by atoms with E-state index < -0.39 is 35.6 Å². The summed E-state index contributed by atoms with van der Waals surface area (Å²) in [4.78, 5) is 40.1. The third-order valence-corrected chi connectivity index (χ3v) is 3.81. The predicted molar refractivity (Wildman–Crippen MR) is 88.1 cm³/mol. The number of alkyl halides is 3. The highest BCUT2D eigenvalue weighted by molar-refractivity contribution is 5.92. The fourth-order valence-electron chi connectivity index (χ4n) is 2.48. The summed E-state index contributed by atoms with van der Waals surface area (Å²) < 4.78 is 40.5. The first kappa shape index (κ1) is 18.4. The Labute approximate surface area is 148 Å². The van der Waals surface area contributed by atoms with Gasteiger partial charge in [-0.3, -0.25) is 23.4 Å². The van der Waals surface area contributed by atoms with E-state index in [1.807, 2.05) is 0 Å². The lowest BCUT2D eigenvalue weighted by atomic mass is 10.3. The third kappa shape index (κ3) is 3.45. The quantitative estimate of drug-likeness (QED) is 0.710. The van der Waals surface area contributed by atoms with Gasteiger partial charge in [-0.1, -0.05) is 0 Å². The molecule has 1 amide bonds. The fourth-order valence-corrected chi connectivity index (χ4v) is 2.48. The fraction of sp³-hybridized carbons (Fsp3) is 0.267. The maximum absolute atomic E-state index is 12.5. The van der Waals surface area contributed by atoms with Crippen LogP contribution in [0.4, 0.5) is 18.9 Å². The minimum atomic E-state index is -4.60. The molecule has 3 rings (SSSR count). The van der Waals surface area contributed by atoms with Crippen LogP contribution in [0.2, 0.25) is 0 Å². The van der Waals surface area contributed by atoms with Crippen molar-refractivity contribution < 1.29 is 18.0 Å². The van der Waals surface area contributed by atoms with Gasteiger partial charge < -0.3 is 5.32 Å². The molecule has 0 unspecified atom stereocenters. The second-order valence-electron chi connectivity index (χ2n) is 5.75. The zero-order valence-electron chi connectivity index (χ0n) is 14.1. The van der Waals surface area contributed by atoms with Crippen molar-refractivity contribution >= 4 is 22.6 Å². The molecular formula is C15H13F3N6O3. The van der Waals surface area contributed by atoms with Crippen molar-refractivity contribution in [2.24, 2.45) is 14.1 Å². The van der Waals surface area contributed by atoms with Crippen molar-refractivity contribution in [1.82, 2.24) is 23.9 Å². The summed E-state index contributed by atoms with van der Waals surface area (Å²) in [6, 6.07) is 2.10. The minimum Gasteiger partial charge on any atom is -0.323 e. The molecule has 0 saturated carbocycles. The van der Waals surface area contributed by atoms with Crippen LogP contribution in [-0.2, 0) is 31.6 Å². The van der Waals surface area contributed by atoms with Crippen molar-refractivity contribution in [3.8, 4) is 0 Å². The van der Waals surface area contributed by atoms with Crippen LogP contribution in [0.1, 0.15) is 5.69 Å². The van der Waals surface area contributed by atoms with E-state index in [0.29, 0.717) is 0 Å². The van der Waals surface area contributed by atoms with Gasteiger partial charge in [-0.25, -0.2) is 9.78 Å². The topological polar surface area (TPSA) is 104 Å². The number of pyridine rings is 1. The van der Waals surface area contributed by atoms with E-state index in [1.54, 1.807) is 0 Å². The Balaban J connectivity index is 1.84. The van der Waals surface area contributed by atoms with E-state index in [2.05, 4.69) is 15.4 Å². The number of amides is 1. The largest absolute Gasteiger partial charge is 0.435 e. The first-order chi connectivity index (χ1) is 12.6. The molecule has 12 heteroatoms. The van der Waals surface area contributed by atoms with Crippen molar-refractivity contribution in [2.75, 3.05) is 5.32 Å². The molecule has 0 bridgehead atoms. The molecule has 0 radical (unpaired) electrons. The summed E-state index contributed by atoms with van der Waals surface area (Å²) in [7, 11) is 2.76. The monoisotopic (exact) mass is 382 g/mol. The first-order valence-electron chi connectivity index (χ1n) is 7.54. The highest BCUT2D eigenvalue weighted by atomic mass is 19.4. The first-order valence-corrected chi connectivity index (χ1v) is 7.54. The molecule has 0 aliphatic heterocycles. The van der Waals surface area contributed by atoms with E-state index >= 15 is 0 Å². The van der Waals surface area contributed by atoms with Crippen LogP contribution in [-0.4, -0.2) is 29.8 Å². The average molecular weight is 382 g/mol. The molecule has 0 fully saturated rings. The van der Waals surface area contributed by atoms with E-state index in [9.17, 15) is 27.6 Å². The van der Waals surface area contributed by atoms with Gasteiger partial charge in [0.25, 0.3) is 5.56 Å². The number of carbonyl (C=O) groups is 1. The molecule has 0 saturated heterocycles. The van der Waals surface area contributed by atoms with Gasteiger partial charge >= 0.3 is 11.9 Å². The van der Waals surface area contributed by atoms with Gasteiger partial charge in [0.2, 0.25) is 5.91 Å². The number of aromatic nitrogens is 5. The Kier molecular flexibility index (Phi) is 4.33. The van der Waals surface area contributed by atoms with Crippen LogP contribution in [0.3, 0.4) is 0 Å². The van der Waals surface area contributed by atoms with E-state index in [4.69, 9.17) is 0 Å². The SMILES string of the molecule is Cn1c(=O)c2cc(NC(=O)Cn3ccc(C(F)(F)F)n3)cnc2n(C)c1=O. The smallest absolute Gasteiger partial charge is 0.323 e. The highest BCUT2D eigenvalue weighted by Crippen LogP contribution is 2.27. The summed E-state index contributed by atoms with van der Waals surface area (Å²) in [5.74, 6) is -0.658. The normalized spacial score (nSPS) is 11.7. The van der Waals surface area contributed by atoms with Crippen LogP contribution in [0.5, 0.6) is 0 Å². The maximum atomic E-state index is 12.5. The second-order valence-corrected chi connectivity index (χ2v) is 5.75. The Morgan fingerprint density at radius 2 is 1.93 bits per heavy atom. The molecule has 0 aliphatic carbocycles. The minimum absolute atomic E-state index is 0.107. The van der Waals surface area contributed by atoms with E-state index in [-0.39, 0.29) is 16.7 Å².